The number of hydrogen-bond donors (Lipinski definition) is 2. The van der Waals surface area contributed by atoms with Crippen LogP contribution < -0.4 is 0 Å². The Hall–Kier alpha value is -1.77. The van der Waals surface area contributed by atoms with E-state index in [2.05, 4.69) is 11.1 Å². The van der Waals surface area contributed by atoms with E-state index in [-0.39, 0.29) is 5.92 Å². The predicted octanol–water partition coefficient (Wildman–Crippen LogP) is 2.36. The Balaban J connectivity index is 2.09. The molecule has 1 aliphatic carbocycles. The first-order valence-corrected chi connectivity index (χ1v) is 5.57. The lowest BCUT2D eigenvalue weighted by molar-refractivity contribution is -0.142. The maximum atomic E-state index is 11.0. The number of rotatable bonds is 1. The summed E-state index contributed by atoms with van der Waals surface area (Å²) in [6.45, 7) is 0. The van der Waals surface area contributed by atoms with E-state index in [1.807, 2.05) is 18.2 Å². The van der Waals surface area contributed by atoms with Gasteiger partial charge in [-0.3, -0.25) is 4.79 Å². The average molecular weight is 215 g/mol. The van der Waals surface area contributed by atoms with Crippen LogP contribution in [0.4, 0.5) is 0 Å². The Bertz CT molecular complexity index is 556. The van der Waals surface area contributed by atoms with Crippen molar-refractivity contribution < 1.29 is 9.90 Å². The van der Waals surface area contributed by atoms with Gasteiger partial charge in [0.25, 0.3) is 0 Å². The number of aryl methyl sites for hydroxylation is 1. The summed E-state index contributed by atoms with van der Waals surface area (Å²) in [5.41, 5.74) is 3.55. The fourth-order valence-electron chi connectivity index (χ4n) is 2.59. The molecule has 82 valence electrons. The SMILES string of the molecule is O=C(O)[C@H]1CCc2c([nH]c3ccccc23)C1. The van der Waals surface area contributed by atoms with Crippen LogP contribution in [0.15, 0.2) is 24.3 Å². The number of nitrogens with one attached hydrogen (secondary N) is 1. The summed E-state index contributed by atoms with van der Waals surface area (Å²) in [6, 6.07) is 8.17. The minimum Gasteiger partial charge on any atom is -0.481 e. The number of hydrogen-bond acceptors (Lipinski definition) is 1. The number of benzene rings is 1. The third-order valence-corrected chi connectivity index (χ3v) is 3.44. The molecule has 3 rings (SSSR count). The lowest BCUT2D eigenvalue weighted by Crippen LogP contribution is -2.21. The second-order valence-electron chi connectivity index (χ2n) is 4.41. The van der Waals surface area contributed by atoms with Crippen LogP contribution >= 0.6 is 0 Å². The Morgan fingerprint density at radius 2 is 2.19 bits per heavy atom. The molecular weight excluding hydrogens is 202 g/mol. The van der Waals surface area contributed by atoms with Gasteiger partial charge >= 0.3 is 5.97 Å². The Morgan fingerprint density at radius 3 is 3.00 bits per heavy atom. The van der Waals surface area contributed by atoms with Crippen molar-refractivity contribution in [2.24, 2.45) is 5.92 Å². The first-order chi connectivity index (χ1) is 7.75. The summed E-state index contributed by atoms with van der Waals surface area (Å²) in [6.07, 6.45) is 2.26. The van der Waals surface area contributed by atoms with Crippen LogP contribution in [0.25, 0.3) is 10.9 Å². The number of aliphatic carboxylic acids is 1. The van der Waals surface area contributed by atoms with Crippen molar-refractivity contribution in [2.75, 3.05) is 0 Å². The number of H-pyrrole nitrogens is 1. The molecule has 1 atom stereocenters. The number of carboxylic acid groups (broad SMARTS) is 1. The molecule has 0 amide bonds. The Kier molecular flexibility index (Phi) is 1.99. The lowest BCUT2D eigenvalue weighted by atomic mass is 9.87. The largest absolute Gasteiger partial charge is 0.481 e. The highest BCUT2D eigenvalue weighted by Gasteiger charge is 2.26. The minimum absolute atomic E-state index is 0.222. The number of aromatic nitrogens is 1. The van der Waals surface area contributed by atoms with Gasteiger partial charge in [-0.15, -0.1) is 0 Å². The normalized spacial score (nSPS) is 19.6. The van der Waals surface area contributed by atoms with Crippen molar-refractivity contribution in [3.8, 4) is 0 Å². The van der Waals surface area contributed by atoms with E-state index in [1.165, 1.54) is 10.9 Å². The van der Waals surface area contributed by atoms with Gasteiger partial charge in [-0.05, 0) is 24.5 Å². The summed E-state index contributed by atoms with van der Waals surface area (Å²) >= 11 is 0. The van der Waals surface area contributed by atoms with Crippen LogP contribution in [0.5, 0.6) is 0 Å². The van der Waals surface area contributed by atoms with Gasteiger partial charge in [0.15, 0.2) is 0 Å². The van der Waals surface area contributed by atoms with E-state index < -0.39 is 5.97 Å². The molecule has 3 heteroatoms. The fraction of sp³-hybridized carbons (Fsp3) is 0.308. The number of fused-ring (bicyclic) bond motifs is 3. The predicted molar refractivity (Wildman–Crippen MR) is 61.4 cm³/mol. The second kappa shape index (κ2) is 3.37. The van der Waals surface area contributed by atoms with Gasteiger partial charge in [-0.1, -0.05) is 18.2 Å². The van der Waals surface area contributed by atoms with Crippen molar-refractivity contribution in [3.63, 3.8) is 0 Å². The molecule has 1 aromatic heterocycles. The number of aromatic amines is 1. The molecule has 3 nitrogen and oxygen atoms in total. The molecule has 0 saturated carbocycles. The van der Waals surface area contributed by atoms with E-state index in [9.17, 15) is 4.79 Å². The van der Waals surface area contributed by atoms with Crippen LogP contribution in [0, 0.1) is 5.92 Å². The van der Waals surface area contributed by atoms with Crippen LogP contribution in [-0.4, -0.2) is 16.1 Å². The first-order valence-electron chi connectivity index (χ1n) is 5.57. The summed E-state index contributed by atoms with van der Waals surface area (Å²) in [7, 11) is 0. The molecule has 0 fully saturated rings. The van der Waals surface area contributed by atoms with Crippen LogP contribution in [0.3, 0.4) is 0 Å². The molecule has 16 heavy (non-hydrogen) atoms. The van der Waals surface area contributed by atoms with Crippen molar-refractivity contribution in [1.29, 1.82) is 0 Å². The van der Waals surface area contributed by atoms with E-state index in [0.717, 1.165) is 24.1 Å². The van der Waals surface area contributed by atoms with Crippen LogP contribution in [-0.2, 0) is 17.6 Å². The van der Waals surface area contributed by atoms with Crippen molar-refractivity contribution in [1.82, 2.24) is 4.98 Å². The zero-order valence-electron chi connectivity index (χ0n) is 8.86. The van der Waals surface area contributed by atoms with Gasteiger partial charge in [-0.2, -0.15) is 0 Å². The molecule has 1 aliphatic rings. The Morgan fingerprint density at radius 1 is 1.38 bits per heavy atom. The second-order valence-corrected chi connectivity index (χ2v) is 4.41. The zero-order chi connectivity index (χ0) is 11.1. The van der Waals surface area contributed by atoms with Gasteiger partial charge in [-0.25, -0.2) is 0 Å². The molecular formula is C13H13NO2. The van der Waals surface area contributed by atoms with Crippen LogP contribution in [0.2, 0.25) is 0 Å². The smallest absolute Gasteiger partial charge is 0.306 e. The zero-order valence-corrected chi connectivity index (χ0v) is 8.86. The lowest BCUT2D eigenvalue weighted by Gasteiger charge is -2.18. The minimum atomic E-state index is -0.677. The molecule has 0 radical (unpaired) electrons. The highest BCUT2D eigenvalue weighted by atomic mass is 16.4. The summed E-state index contributed by atoms with van der Waals surface area (Å²) in [4.78, 5) is 14.3. The van der Waals surface area contributed by atoms with E-state index in [1.54, 1.807) is 0 Å². The molecule has 0 saturated heterocycles. The molecule has 0 unspecified atom stereocenters. The maximum Gasteiger partial charge on any atom is 0.306 e. The van der Waals surface area contributed by atoms with Crippen molar-refractivity contribution in [3.05, 3.63) is 35.5 Å². The highest BCUT2D eigenvalue weighted by Crippen LogP contribution is 2.31. The molecule has 0 bridgehead atoms. The Labute approximate surface area is 93.1 Å². The topological polar surface area (TPSA) is 53.1 Å². The molecule has 2 N–H and O–H groups in total. The standard InChI is InChI=1S/C13H13NO2/c15-13(16)8-5-6-10-9-3-1-2-4-11(9)14-12(10)7-8/h1-4,8,14H,5-7H2,(H,15,16)/t8-/m0/s1. The van der Waals surface area contributed by atoms with Gasteiger partial charge < -0.3 is 10.1 Å². The molecule has 2 aromatic rings. The third-order valence-electron chi connectivity index (χ3n) is 3.44. The van der Waals surface area contributed by atoms with Crippen molar-refractivity contribution in [2.45, 2.75) is 19.3 Å². The molecule has 0 aliphatic heterocycles. The van der Waals surface area contributed by atoms with Gasteiger partial charge in [0.05, 0.1) is 5.92 Å². The summed E-state index contributed by atoms with van der Waals surface area (Å²) < 4.78 is 0. The summed E-state index contributed by atoms with van der Waals surface area (Å²) in [5.74, 6) is -0.898. The first kappa shape index (κ1) is 9.46. The quantitative estimate of drug-likeness (QED) is 0.767. The fourth-order valence-corrected chi connectivity index (χ4v) is 2.59. The number of carbonyl (C=O) groups is 1. The van der Waals surface area contributed by atoms with E-state index in [4.69, 9.17) is 5.11 Å². The molecule has 1 heterocycles. The number of para-hydroxylation sites is 1. The van der Waals surface area contributed by atoms with Crippen LogP contribution in [0.1, 0.15) is 17.7 Å². The van der Waals surface area contributed by atoms with Gasteiger partial charge in [0.2, 0.25) is 0 Å². The maximum absolute atomic E-state index is 11.0. The highest BCUT2D eigenvalue weighted by molar-refractivity contribution is 5.85. The number of carboxylic acids is 1. The average Bonchev–Trinajstić information content (AvgIpc) is 2.66. The monoisotopic (exact) mass is 215 g/mol. The molecule has 1 aromatic carbocycles. The van der Waals surface area contributed by atoms with Crippen molar-refractivity contribution >= 4 is 16.9 Å². The van der Waals surface area contributed by atoms with Gasteiger partial charge in [0.1, 0.15) is 0 Å². The summed E-state index contributed by atoms with van der Waals surface area (Å²) in [5, 5.41) is 10.3. The molecule has 0 spiro atoms. The van der Waals surface area contributed by atoms with E-state index >= 15 is 0 Å². The van der Waals surface area contributed by atoms with Gasteiger partial charge in [0, 0.05) is 23.0 Å². The third kappa shape index (κ3) is 1.32. The van der Waals surface area contributed by atoms with E-state index in [0.29, 0.717) is 6.42 Å².